The Kier molecular flexibility index (Phi) is 5.40. The minimum atomic E-state index is 0.190. The zero-order chi connectivity index (χ0) is 23.5. The maximum Gasteiger partial charge on any atom is 0.329 e. The van der Waals surface area contributed by atoms with Gasteiger partial charge in [0.25, 0.3) is 0 Å². The lowest BCUT2D eigenvalue weighted by atomic mass is 9.84. The van der Waals surface area contributed by atoms with Crippen molar-refractivity contribution in [2.75, 3.05) is 26.7 Å². The highest BCUT2D eigenvalue weighted by Crippen LogP contribution is 2.50. The minimum Gasteiger partial charge on any atom is -0.302 e. The predicted octanol–water partition coefficient (Wildman–Crippen LogP) is 5.10. The monoisotopic (exact) mass is 470 g/mol. The van der Waals surface area contributed by atoms with Gasteiger partial charge in [-0.2, -0.15) is 0 Å². The SMILES string of the molecule is CN(CCn1c(=O)n(C2CCN(C3CC4CCCc5cccc3c54)CC2)c2ccccc21)C1CC1. The molecule has 0 bridgehead atoms. The van der Waals surface area contributed by atoms with E-state index in [0.29, 0.717) is 12.1 Å². The Labute approximate surface area is 208 Å². The maximum absolute atomic E-state index is 13.7. The lowest BCUT2D eigenvalue weighted by molar-refractivity contribution is 0.130. The number of benzene rings is 2. The summed E-state index contributed by atoms with van der Waals surface area (Å²) in [5.74, 6) is 0.770. The van der Waals surface area contributed by atoms with Crippen molar-refractivity contribution in [2.24, 2.45) is 0 Å². The fourth-order valence-corrected chi connectivity index (χ4v) is 7.51. The summed E-state index contributed by atoms with van der Waals surface area (Å²) in [7, 11) is 2.20. The van der Waals surface area contributed by atoms with Crippen LogP contribution in [0.5, 0.6) is 0 Å². The van der Waals surface area contributed by atoms with Gasteiger partial charge < -0.3 is 4.90 Å². The van der Waals surface area contributed by atoms with Crippen LogP contribution in [-0.2, 0) is 13.0 Å². The van der Waals surface area contributed by atoms with Gasteiger partial charge >= 0.3 is 5.69 Å². The van der Waals surface area contributed by atoms with Crippen LogP contribution in [0, 0.1) is 0 Å². The van der Waals surface area contributed by atoms with Gasteiger partial charge in [-0.25, -0.2) is 4.79 Å². The first kappa shape index (κ1) is 21.9. The van der Waals surface area contributed by atoms with Gasteiger partial charge in [0, 0.05) is 44.3 Å². The highest BCUT2D eigenvalue weighted by molar-refractivity contribution is 5.76. The van der Waals surface area contributed by atoms with Crippen molar-refractivity contribution in [2.45, 2.75) is 82.0 Å². The highest BCUT2D eigenvalue weighted by atomic mass is 16.1. The first-order valence-electron chi connectivity index (χ1n) is 13.9. The maximum atomic E-state index is 13.7. The number of piperidine rings is 1. The molecule has 184 valence electrons. The minimum absolute atomic E-state index is 0.190. The second-order valence-electron chi connectivity index (χ2n) is 11.5. The van der Waals surface area contributed by atoms with Gasteiger partial charge in [-0.1, -0.05) is 30.3 Å². The van der Waals surface area contributed by atoms with Crippen LogP contribution in [0.15, 0.2) is 47.3 Å². The van der Waals surface area contributed by atoms with Gasteiger partial charge in [-0.15, -0.1) is 0 Å². The Morgan fingerprint density at radius 3 is 2.54 bits per heavy atom. The fourth-order valence-electron chi connectivity index (χ4n) is 7.51. The van der Waals surface area contributed by atoms with E-state index < -0.39 is 0 Å². The third-order valence-corrected chi connectivity index (χ3v) is 9.52. The molecule has 2 atom stereocenters. The van der Waals surface area contributed by atoms with E-state index in [1.165, 1.54) is 38.5 Å². The lowest BCUT2D eigenvalue weighted by Gasteiger charge is -2.37. The zero-order valence-corrected chi connectivity index (χ0v) is 21.0. The molecule has 1 aromatic heterocycles. The summed E-state index contributed by atoms with van der Waals surface area (Å²) >= 11 is 0. The van der Waals surface area contributed by atoms with Gasteiger partial charge in [0.15, 0.2) is 0 Å². The number of hydrogen-bond acceptors (Lipinski definition) is 3. The van der Waals surface area contributed by atoms with Crippen LogP contribution in [0.1, 0.15) is 79.6 Å². The quantitative estimate of drug-likeness (QED) is 0.503. The van der Waals surface area contributed by atoms with Crippen molar-refractivity contribution in [3.63, 3.8) is 0 Å². The van der Waals surface area contributed by atoms with Crippen molar-refractivity contribution < 1.29 is 0 Å². The average Bonchev–Trinajstić information content (AvgIpc) is 3.62. The summed E-state index contributed by atoms with van der Waals surface area (Å²) in [4.78, 5) is 18.9. The van der Waals surface area contributed by atoms with E-state index in [1.807, 2.05) is 4.57 Å². The van der Waals surface area contributed by atoms with Gasteiger partial charge in [0.05, 0.1) is 11.0 Å². The number of hydrogen-bond donors (Lipinski definition) is 0. The molecule has 0 amide bonds. The largest absolute Gasteiger partial charge is 0.329 e. The van der Waals surface area contributed by atoms with E-state index in [2.05, 4.69) is 63.9 Å². The Morgan fingerprint density at radius 1 is 0.943 bits per heavy atom. The van der Waals surface area contributed by atoms with Crippen LogP contribution in [-0.4, -0.2) is 51.7 Å². The third kappa shape index (κ3) is 3.70. The van der Waals surface area contributed by atoms with Crippen molar-refractivity contribution in [1.82, 2.24) is 18.9 Å². The number of imidazole rings is 1. The zero-order valence-electron chi connectivity index (χ0n) is 21.0. The lowest BCUT2D eigenvalue weighted by Crippen LogP contribution is -2.39. The number of fused-ring (bicyclic) bond motifs is 1. The van der Waals surface area contributed by atoms with E-state index in [9.17, 15) is 4.79 Å². The normalized spacial score (nSPS) is 25.0. The van der Waals surface area contributed by atoms with Crippen LogP contribution in [0.25, 0.3) is 11.0 Å². The molecule has 0 spiro atoms. The van der Waals surface area contributed by atoms with Gasteiger partial charge in [0.2, 0.25) is 0 Å². The van der Waals surface area contributed by atoms with Crippen LogP contribution in [0.4, 0.5) is 0 Å². The number of nitrogens with zero attached hydrogens (tertiary/aromatic N) is 4. The van der Waals surface area contributed by atoms with E-state index >= 15 is 0 Å². The van der Waals surface area contributed by atoms with Crippen molar-refractivity contribution in [1.29, 1.82) is 0 Å². The van der Waals surface area contributed by atoms with Gasteiger partial charge in [0.1, 0.15) is 0 Å². The van der Waals surface area contributed by atoms with E-state index in [1.54, 1.807) is 16.7 Å². The topological polar surface area (TPSA) is 33.4 Å². The van der Waals surface area contributed by atoms with E-state index in [4.69, 9.17) is 0 Å². The molecule has 2 fully saturated rings. The van der Waals surface area contributed by atoms with Gasteiger partial charge in [-0.05, 0) is 93.2 Å². The number of aryl methyl sites for hydroxylation is 1. The molecule has 3 aliphatic carbocycles. The summed E-state index contributed by atoms with van der Waals surface area (Å²) < 4.78 is 4.18. The Balaban J connectivity index is 1.11. The van der Waals surface area contributed by atoms with Crippen molar-refractivity contribution in [3.05, 3.63) is 69.6 Å². The molecule has 2 heterocycles. The Bertz CT molecular complexity index is 1290. The number of aromatic nitrogens is 2. The number of rotatable bonds is 6. The molecular formula is C30H38N4O. The molecular weight excluding hydrogens is 432 g/mol. The molecule has 1 saturated carbocycles. The molecule has 2 aromatic carbocycles. The molecule has 5 nitrogen and oxygen atoms in total. The van der Waals surface area contributed by atoms with Crippen LogP contribution in [0.2, 0.25) is 0 Å². The highest BCUT2D eigenvalue weighted by Gasteiger charge is 2.39. The standard InChI is InChI=1S/C30H38N4O/c1-31(23-12-13-23)18-19-33-26-10-2-3-11-27(26)34(30(33)35)24-14-16-32(17-15-24)28-20-22-8-4-6-21-7-5-9-25(28)29(21)22/h2-3,5,7,9-11,22-24,28H,4,6,8,12-20H2,1H3. The van der Waals surface area contributed by atoms with E-state index in [0.717, 1.165) is 62.0 Å². The second-order valence-corrected chi connectivity index (χ2v) is 11.5. The molecule has 3 aromatic rings. The summed E-state index contributed by atoms with van der Waals surface area (Å²) in [6.07, 6.45) is 10.0. The van der Waals surface area contributed by atoms with Crippen LogP contribution < -0.4 is 5.69 Å². The second kappa shape index (κ2) is 8.63. The summed E-state index contributed by atoms with van der Waals surface area (Å²) in [6, 6.07) is 17.1. The summed E-state index contributed by atoms with van der Waals surface area (Å²) in [5.41, 5.74) is 7.33. The van der Waals surface area contributed by atoms with Crippen molar-refractivity contribution in [3.8, 4) is 0 Å². The molecule has 5 heteroatoms. The number of para-hydroxylation sites is 2. The molecule has 4 aliphatic rings. The van der Waals surface area contributed by atoms with E-state index in [-0.39, 0.29) is 5.69 Å². The summed E-state index contributed by atoms with van der Waals surface area (Å²) in [5, 5.41) is 0. The fraction of sp³-hybridized carbons (Fsp3) is 0.567. The van der Waals surface area contributed by atoms with Crippen LogP contribution in [0.3, 0.4) is 0 Å². The molecule has 2 unspecified atom stereocenters. The molecule has 7 rings (SSSR count). The Hall–Kier alpha value is -2.37. The number of likely N-dealkylation sites (tertiary alicyclic amines) is 1. The third-order valence-electron chi connectivity index (χ3n) is 9.52. The van der Waals surface area contributed by atoms with Crippen molar-refractivity contribution >= 4 is 11.0 Å². The first-order chi connectivity index (χ1) is 17.2. The molecule has 1 aliphatic heterocycles. The molecule has 0 N–H and O–H groups in total. The molecule has 35 heavy (non-hydrogen) atoms. The smallest absolute Gasteiger partial charge is 0.302 e. The first-order valence-corrected chi connectivity index (χ1v) is 13.9. The van der Waals surface area contributed by atoms with Crippen LogP contribution >= 0.6 is 0 Å². The summed E-state index contributed by atoms with van der Waals surface area (Å²) in [6.45, 7) is 3.90. The average molecular weight is 471 g/mol. The molecule has 1 saturated heterocycles. The Morgan fingerprint density at radius 2 is 1.74 bits per heavy atom. The predicted molar refractivity (Wildman–Crippen MR) is 141 cm³/mol. The number of likely N-dealkylation sites (N-methyl/N-ethyl adjacent to an activating group) is 1. The molecule has 0 radical (unpaired) electrons. The van der Waals surface area contributed by atoms with Gasteiger partial charge in [-0.3, -0.25) is 14.0 Å².